The number of benzene rings is 1. The van der Waals surface area contributed by atoms with Gasteiger partial charge in [0.2, 0.25) is 0 Å². The van der Waals surface area contributed by atoms with Crippen molar-refractivity contribution in [1.29, 1.82) is 0 Å². The summed E-state index contributed by atoms with van der Waals surface area (Å²) >= 11 is 0. The predicted molar refractivity (Wildman–Crippen MR) is 61.5 cm³/mol. The minimum absolute atomic E-state index is 0. The summed E-state index contributed by atoms with van der Waals surface area (Å²) in [7, 11) is -0.224. The largest absolute Gasteiger partial charge is 1.00 e. The number of aryl methyl sites for hydroxylation is 1. The molecule has 1 aromatic rings. The second-order valence-electron chi connectivity index (χ2n) is 4.05. The fraction of sp³-hybridized carbons (Fsp3) is 0.333. The van der Waals surface area contributed by atoms with Crippen LogP contribution in [0.1, 0.15) is 23.7 Å². The van der Waals surface area contributed by atoms with Gasteiger partial charge in [0.05, 0.1) is 8.80 Å². The molecule has 0 heterocycles. The van der Waals surface area contributed by atoms with Crippen molar-refractivity contribution >= 4 is 14.9 Å². The summed E-state index contributed by atoms with van der Waals surface area (Å²) in [6, 6.07) is 6.81. The third-order valence-corrected chi connectivity index (χ3v) is 4.42. The molecule has 1 atom stereocenters. The molecule has 0 saturated heterocycles. The molecule has 0 N–H and O–H groups in total. The van der Waals surface area contributed by atoms with Gasteiger partial charge in [0, 0.05) is 0 Å². The van der Waals surface area contributed by atoms with Crippen LogP contribution in [0.25, 0.3) is 6.08 Å². The van der Waals surface area contributed by atoms with Gasteiger partial charge in [-0.1, -0.05) is 49.0 Å². The Balaban J connectivity index is 0.000000980. The van der Waals surface area contributed by atoms with E-state index >= 15 is 0 Å². The molecule has 0 bridgehead atoms. The first kappa shape index (κ1) is 11.8. The van der Waals surface area contributed by atoms with Crippen LogP contribution in [0.5, 0.6) is 0 Å². The number of hydrogen-bond donors (Lipinski definition) is 0. The molecule has 0 aromatic heterocycles. The molecule has 1 radical (unpaired) electrons. The molecule has 1 aliphatic rings. The second kappa shape index (κ2) is 4.53. The van der Waals surface area contributed by atoms with Gasteiger partial charge >= 0.3 is 18.9 Å². The third kappa shape index (κ3) is 2.06. The van der Waals surface area contributed by atoms with Gasteiger partial charge in [0.25, 0.3) is 0 Å². The predicted octanol–water partition coefficient (Wildman–Crippen LogP) is 0.516. The topological polar surface area (TPSA) is 0 Å². The van der Waals surface area contributed by atoms with Crippen LogP contribution in [0.2, 0.25) is 13.1 Å². The Labute approximate surface area is 102 Å². The summed E-state index contributed by atoms with van der Waals surface area (Å²) in [6.07, 6.45) is 4.66. The maximum absolute atomic E-state index is 2.38. The molecule has 2 rings (SSSR count). The van der Waals surface area contributed by atoms with Crippen LogP contribution in [0, 0.1) is 6.92 Å². The van der Waals surface area contributed by atoms with Gasteiger partial charge in [0.1, 0.15) is 0 Å². The molecule has 0 aliphatic heterocycles. The van der Waals surface area contributed by atoms with E-state index in [1.807, 2.05) is 0 Å². The molecule has 0 fully saturated rings. The third-order valence-electron chi connectivity index (χ3n) is 2.67. The van der Waals surface area contributed by atoms with Crippen molar-refractivity contribution in [3.05, 3.63) is 41.0 Å². The van der Waals surface area contributed by atoms with Crippen LogP contribution < -0.4 is 18.9 Å². The molecule has 14 heavy (non-hydrogen) atoms. The van der Waals surface area contributed by atoms with Gasteiger partial charge in [-0.15, -0.1) is 0 Å². The molecular formula is C12H16LiSi. The van der Waals surface area contributed by atoms with E-state index in [1.54, 1.807) is 5.56 Å². The second-order valence-corrected chi connectivity index (χ2v) is 6.82. The summed E-state index contributed by atoms with van der Waals surface area (Å²) in [5.74, 6) is 0. The fourth-order valence-corrected chi connectivity index (χ4v) is 3.29. The Bertz CT molecular complexity index is 361. The SMILES string of the molecule is Cc1ccc2c(c1)C=CC2[Si](C)C.[H-].[Li+]. The molecule has 0 spiro atoms. The summed E-state index contributed by atoms with van der Waals surface area (Å²) in [4.78, 5) is 0. The Kier molecular flexibility index (Phi) is 3.83. The minimum atomic E-state index is -0.224. The van der Waals surface area contributed by atoms with Gasteiger partial charge in [-0.2, -0.15) is 0 Å². The van der Waals surface area contributed by atoms with E-state index < -0.39 is 0 Å². The van der Waals surface area contributed by atoms with E-state index in [4.69, 9.17) is 0 Å². The van der Waals surface area contributed by atoms with E-state index in [1.165, 1.54) is 11.1 Å². The summed E-state index contributed by atoms with van der Waals surface area (Å²) in [5.41, 5.74) is 5.09. The molecule has 1 aromatic carbocycles. The average Bonchev–Trinajstić information content (AvgIpc) is 2.46. The van der Waals surface area contributed by atoms with Crippen LogP contribution in [0.15, 0.2) is 24.3 Å². The zero-order chi connectivity index (χ0) is 9.42. The molecule has 1 unspecified atom stereocenters. The van der Waals surface area contributed by atoms with Crippen molar-refractivity contribution in [3.63, 3.8) is 0 Å². The van der Waals surface area contributed by atoms with Gasteiger partial charge < -0.3 is 1.43 Å². The number of fused-ring (bicyclic) bond motifs is 1. The first-order chi connectivity index (χ1) is 6.18. The van der Waals surface area contributed by atoms with Crippen LogP contribution >= 0.6 is 0 Å². The van der Waals surface area contributed by atoms with Gasteiger partial charge in [-0.3, -0.25) is 0 Å². The Morgan fingerprint density at radius 2 is 2.00 bits per heavy atom. The molecule has 69 valence electrons. The summed E-state index contributed by atoms with van der Waals surface area (Å²) in [6.45, 7) is 6.93. The maximum Gasteiger partial charge on any atom is 1.00 e. The van der Waals surface area contributed by atoms with Crippen LogP contribution in [0.4, 0.5) is 0 Å². The Morgan fingerprint density at radius 3 is 2.64 bits per heavy atom. The first-order valence-corrected chi connectivity index (χ1v) is 7.35. The number of rotatable bonds is 1. The standard InChI is InChI=1S/C12H15Si.Li.H/c1-9-4-6-11-10(8-9)5-7-12(11)13(2)3;;/h4-8,12H,1-3H3;;/q;+1;-1. The van der Waals surface area contributed by atoms with Crippen LogP contribution in [0.3, 0.4) is 0 Å². The smallest absolute Gasteiger partial charge is 1.00 e. The first-order valence-electron chi connectivity index (χ1n) is 4.77. The van der Waals surface area contributed by atoms with E-state index in [0.29, 0.717) is 0 Å². The van der Waals surface area contributed by atoms with Crippen LogP contribution in [-0.4, -0.2) is 8.80 Å². The van der Waals surface area contributed by atoms with E-state index in [2.05, 4.69) is 50.4 Å². The quantitative estimate of drug-likeness (QED) is 0.573. The molecule has 1 aliphatic carbocycles. The molecular weight excluding hydrogens is 179 g/mol. The van der Waals surface area contributed by atoms with Gasteiger partial charge in [0.15, 0.2) is 0 Å². The average molecular weight is 195 g/mol. The van der Waals surface area contributed by atoms with Gasteiger partial charge in [-0.25, -0.2) is 0 Å². The zero-order valence-electron chi connectivity index (χ0n) is 10.5. The maximum atomic E-state index is 2.38. The normalized spacial score (nSPS) is 18.1. The summed E-state index contributed by atoms with van der Waals surface area (Å²) < 4.78 is 0. The van der Waals surface area contributed by atoms with Crippen molar-refractivity contribution < 1.29 is 20.3 Å². The number of hydrogen-bond acceptors (Lipinski definition) is 0. The van der Waals surface area contributed by atoms with E-state index in [-0.39, 0.29) is 29.1 Å². The van der Waals surface area contributed by atoms with Crippen molar-refractivity contribution in [3.8, 4) is 0 Å². The monoisotopic (exact) mass is 195 g/mol. The molecule has 0 amide bonds. The van der Waals surface area contributed by atoms with Crippen molar-refractivity contribution in [2.75, 3.05) is 0 Å². The Morgan fingerprint density at radius 1 is 1.29 bits per heavy atom. The van der Waals surface area contributed by atoms with Crippen molar-refractivity contribution in [2.24, 2.45) is 0 Å². The van der Waals surface area contributed by atoms with Crippen molar-refractivity contribution in [1.82, 2.24) is 0 Å². The number of allylic oxidation sites excluding steroid dienone is 1. The minimum Gasteiger partial charge on any atom is -1.00 e. The summed E-state index contributed by atoms with van der Waals surface area (Å²) in [5, 5.41) is 0. The van der Waals surface area contributed by atoms with E-state index in [9.17, 15) is 0 Å². The van der Waals surface area contributed by atoms with Crippen LogP contribution in [-0.2, 0) is 0 Å². The molecule has 0 saturated carbocycles. The zero-order valence-corrected chi connectivity index (χ0v) is 10.5. The van der Waals surface area contributed by atoms with Crippen molar-refractivity contribution in [2.45, 2.75) is 25.6 Å². The molecule has 0 nitrogen and oxygen atoms in total. The van der Waals surface area contributed by atoms with Gasteiger partial charge in [-0.05, 0) is 23.6 Å². The Hall–Kier alpha value is -0.226. The molecule has 2 heteroatoms. The van der Waals surface area contributed by atoms with E-state index in [0.717, 1.165) is 5.54 Å². The fourth-order valence-electron chi connectivity index (χ4n) is 1.93.